The molecule has 0 aromatic heterocycles. The smallest absolute Gasteiger partial charge is 0.246 e. The summed E-state index contributed by atoms with van der Waals surface area (Å²) in [5, 5.41) is 3.12. The Hall–Kier alpha value is -2.86. The summed E-state index contributed by atoms with van der Waals surface area (Å²) in [5.74, 6) is 0.474. The van der Waals surface area contributed by atoms with Crippen molar-refractivity contribution in [3.05, 3.63) is 65.2 Å². The minimum Gasteiger partial charge on any atom is -0.378 e. The lowest BCUT2D eigenvalue weighted by molar-refractivity contribution is -0.152. The number of nitrogens with zero attached hydrogens (tertiary/aromatic N) is 2. The maximum atomic E-state index is 13.8. The lowest BCUT2D eigenvalue weighted by atomic mass is 9.90. The molecule has 2 aliphatic heterocycles. The Bertz CT molecular complexity index is 1000. The Labute approximate surface area is 202 Å². The highest BCUT2D eigenvalue weighted by Crippen LogP contribution is 2.32. The zero-order chi connectivity index (χ0) is 23.7. The van der Waals surface area contributed by atoms with Crippen LogP contribution in [-0.2, 0) is 33.7 Å². The van der Waals surface area contributed by atoms with E-state index in [1.54, 1.807) is 0 Å². The minimum absolute atomic E-state index is 0.0146. The molecule has 2 aromatic carbocycles. The number of hydrogen-bond acceptors (Lipinski definition) is 4. The van der Waals surface area contributed by atoms with Gasteiger partial charge >= 0.3 is 0 Å². The largest absolute Gasteiger partial charge is 0.378 e. The van der Waals surface area contributed by atoms with Crippen LogP contribution in [0.15, 0.2) is 48.5 Å². The van der Waals surface area contributed by atoms with Gasteiger partial charge in [-0.05, 0) is 59.9 Å². The molecule has 34 heavy (non-hydrogen) atoms. The van der Waals surface area contributed by atoms with Gasteiger partial charge in [0, 0.05) is 25.3 Å². The summed E-state index contributed by atoms with van der Waals surface area (Å²) in [4.78, 5) is 31.2. The molecule has 2 fully saturated rings. The van der Waals surface area contributed by atoms with Crippen LogP contribution in [0.2, 0.25) is 0 Å². The van der Waals surface area contributed by atoms with E-state index in [1.165, 1.54) is 16.8 Å². The molecule has 6 heteroatoms. The topological polar surface area (TPSA) is 61.9 Å². The van der Waals surface area contributed by atoms with Gasteiger partial charge in [-0.1, -0.05) is 50.2 Å². The third-order valence-electron chi connectivity index (χ3n) is 7.44. The molecule has 0 saturated carbocycles. The fraction of sp³-hybridized carbons (Fsp3) is 0.500. The van der Waals surface area contributed by atoms with Crippen LogP contribution in [0.4, 0.5) is 5.69 Å². The highest BCUT2D eigenvalue weighted by molar-refractivity contribution is 5.97. The number of morpholine rings is 1. The highest BCUT2D eigenvalue weighted by Gasteiger charge is 2.45. The second-order valence-corrected chi connectivity index (χ2v) is 10.3. The summed E-state index contributed by atoms with van der Waals surface area (Å²) in [7, 11) is 0. The summed E-state index contributed by atoms with van der Waals surface area (Å²) < 4.78 is 5.46. The van der Waals surface area contributed by atoms with Crippen molar-refractivity contribution >= 4 is 17.5 Å². The number of amides is 2. The lowest BCUT2D eigenvalue weighted by Crippen LogP contribution is -2.65. The van der Waals surface area contributed by atoms with Crippen molar-refractivity contribution in [1.82, 2.24) is 10.2 Å². The number of hydrogen-bond donors (Lipinski definition) is 1. The molecular formula is C28H35N3O3. The van der Waals surface area contributed by atoms with Crippen molar-refractivity contribution in [3.63, 3.8) is 0 Å². The normalized spacial score (nSPS) is 23.4. The molecule has 6 nitrogen and oxygen atoms in total. The molecule has 5 rings (SSSR count). The first-order valence-electron chi connectivity index (χ1n) is 12.6. The summed E-state index contributed by atoms with van der Waals surface area (Å²) in [5.41, 5.74) is 4.82. The number of carbonyl (C=O) groups is 2. The second kappa shape index (κ2) is 9.79. The molecule has 0 unspecified atom stereocenters. The minimum atomic E-state index is -0.462. The maximum absolute atomic E-state index is 13.8. The van der Waals surface area contributed by atoms with E-state index in [-0.39, 0.29) is 17.7 Å². The van der Waals surface area contributed by atoms with E-state index in [0.29, 0.717) is 18.9 Å². The van der Waals surface area contributed by atoms with Crippen LogP contribution in [0, 0.1) is 11.8 Å². The van der Waals surface area contributed by atoms with Crippen LogP contribution in [0.1, 0.15) is 37.0 Å². The SMILES string of the molecule is CC(C)C[C@@H]1C(=O)N[C@H](C2Cc3ccccc3C2)C(=O)N1Cc1ccc(N2CCOCC2)cc1. The van der Waals surface area contributed by atoms with Gasteiger partial charge in [-0.2, -0.15) is 0 Å². The van der Waals surface area contributed by atoms with Gasteiger partial charge in [0.05, 0.1) is 13.2 Å². The molecule has 2 atom stereocenters. The number of ether oxygens (including phenoxy) is 1. The molecule has 2 aromatic rings. The first-order valence-corrected chi connectivity index (χ1v) is 12.6. The number of anilines is 1. The van der Waals surface area contributed by atoms with E-state index in [4.69, 9.17) is 4.74 Å². The molecule has 0 bridgehead atoms. The summed E-state index contributed by atoms with van der Waals surface area (Å²) in [6.07, 6.45) is 2.34. The number of carbonyl (C=O) groups excluding carboxylic acids is 2. The molecule has 3 aliphatic rings. The van der Waals surface area contributed by atoms with Crippen molar-refractivity contribution in [2.75, 3.05) is 31.2 Å². The van der Waals surface area contributed by atoms with Gasteiger partial charge in [-0.25, -0.2) is 0 Å². The van der Waals surface area contributed by atoms with E-state index < -0.39 is 12.1 Å². The van der Waals surface area contributed by atoms with Gasteiger partial charge in [0.2, 0.25) is 11.8 Å². The Morgan fingerprint density at radius 1 is 0.971 bits per heavy atom. The number of nitrogens with one attached hydrogen (secondary N) is 1. The molecule has 2 amide bonds. The van der Waals surface area contributed by atoms with Crippen molar-refractivity contribution in [2.24, 2.45) is 11.8 Å². The van der Waals surface area contributed by atoms with Crippen LogP contribution in [-0.4, -0.2) is 55.1 Å². The average molecular weight is 462 g/mol. The monoisotopic (exact) mass is 461 g/mol. The van der Waals surface area contributed by atoms with Crippen molar-refractivity contribution in [1.29, 1.82) is 0 Å². The first kappa shape index (κ1) is 22.9. The highest BCUT2D eigenvalue weighted by atomic mass is 16.5. The number of piperazine rings is 1. The van der Waals surface area contributed by atoms with Crippen LogP contribution in [0.5, 0.6) is 0 Å². The van der Waals surface area contributed by atoms with Gasteiger partial charge in [0.15, 0.2) is 0 Å². The van der Waals surface area contributed by atoms with Crippen LogP contribution in [0.25, 0.3) is 0 Å². The predicted octanol–water partition coefficient (Wildman–Crippen LogP) is 3.18. The Morgan fingerprint density at radius 3 is 2.24 bits per heavy atom. The number of rotatable bonds is 6. The number of fused-ring (bicyclic) bond motifs is 1. The van der Waals surface area contributed by atoms with Gasteiger partial charge < -0.3 is 19.9 Å². The zero-order valence-electron chi connectivity index (χ0n) is 20.2. The Balaban J connectivity index is 1.35. The van der Waals surface area contributed by atoms with E-state index in [0.717, 1.165) is 44.7 Å². The summed E-state index contributed by atoms with van der Waals surface area (Å²) in [6, 6.07) is 15.9. The van der Waals surface area contributed by atoms with Gasteiger partial charge in [-0.3, -0.25) is 9.59 Å². The molecule has 1 aliphatic carbocycles. The quantitative estimate of drug-likeness (QED) is 0.718. The van der Waals surface area contributed by atoms with Crippen LogP contribution >= 0.6 is 0 Å². The summed E-state index contributed by atoms with van der Waals surface area (Å²) >= 11 is 0. The molecular weight excluding hydrogens is 426 g/mol. The van der Waals surface area contributed by atoms with Gasteiger partial charge in [0.25, 0.3) is 0 Å². The average Bonchev–Trinajstić information content (AvgIpc) is 3.28. The van der Waals surface area contributed by atoms with Crippen LogP contribution < -0.4 is 10.2 Å². The third kappa shape index (κ3) is 4.69. The molecule has 180 valence electrons. The third-order valence-corrected chi connectivity index (χ3v) is 7.44. The zero-order valence-corrected chi connectivity index (χ0v) is 20.2. The molecule has 1 N–H and O–H groups in total. The molecule has 2 saturated heterocycles. The first-order chi connectivity index (χ1) is 16.5. The van der Waals surface area contributed by atoms with Crippen molar-refractivity contribution < 1.29 is 14.3 Å². The van der Waals surface area contributed by atoms with E-state index >= 15 is 0 Å². The van der Waals surface area contributed by atoms with E-state index in [1.807, 2.05) is 17.0 Å². The van der Waals surface area contributed by atoms with Gasteiger partial charge in [-0.15, -0.1) is 0 Å². The van der Waals surface area contributed by atoms with E-state index in [9.17, 15) is 9.59 Å². The Kier molecular flexibility index (Phi) is 6.59. The standard InChI is InChI=1S/C28H35N3O3/c1-19(2)15-25-27(32)29-26(23-16-21-5-3-4-6-22(21)17-23)28(33)31(25)18-20-7-9-24(10-8-20)30-11-13-34-14-12-30/h3-10,19,23,25-26H,11-18H2,1-2H3,(H,29,32)/t25-,26-/m1/s1. The maximum Gasteiger partial charge on any atom is 0.246 e. The fourth-order valence-electron chi connectivity index (χ4n) is 5.63. The Morgan fingerprint density at radius 2 is 1.62 bits per heavy atom. The molecule has 0 spiro atoms. The van der Waals surface area contributed by atoms with E-state index in [2.05, 4.69) is 60.5 Å². The second-order valence-electron chi connectivity index (χ2n) is 10.3. The predicted molar refractivity (Wildman–Crippen MR) is 133 cm³/mol. The lowest BCUT2D eigenvalue weighted by Gasteiger charge is -2.41. The van der Waals surface area contributed by atoms with Crippen molar-refractivity contribution in [3.8, 4) is 0 Å². The molecule has 2 heterocycles. The summed E-state index contributed by atoms with van der Waals surface area (Å²) in [6.45, 7) is 7.96. The fourth-order valence-corrected chi connectivity index (χ4v) is 5.63. The van der Waals surface area contributed by atoms with Gasteiger partial charge in [0.1, 0.15) is 12.1 Å². The van der Waals surface area contributed by atoms with Crippen LogP contribution in [0.3, 0.4) is 0 Å². The van der Waals surface area contributed by atoms with Crippen molar-refractivity contribution in [2.45, 2.75) is 51.7 Å². The molecule has 0 radical (unpaired) electrons. The number of benzene rings is 2.